The molecule has 0 unspecified atom stereocenters. The first-order valence-electron chi connectivity index (χ1n) is 7.22. The van der Waals surface area contributed by atoms with Gasteiger partial charge in [-0.1, -0.05) is 0 Å². The fourth-order valence-electron chi connectivity index (χ4n) is 3.12. The molecule has 1 aromatic carbocycles. The standard InChI is InChI=1S/C16H22N2O/c1-3-19-13-4-5-16-14(10-13)15(11-18(16)2)12-6-8-17-9-7-12/h4-5,10-12,17H,3,6-9H2,1-2H3. The van der Waals surface area contributed by atoms with E-state index < -0.39 is 0 Å². The van der Waals surface area contributed by atoms with Gasteiger partial charge < -0.3 is 14.6 Å². The molecule has 0 radical (unpaired) electrons. The van der Waals surface area contributed by atoms with Crippen LogP contribution in [0.1, 0.15) is 31.2 Å². The third-order valence-corrected chi connectivity index (χ3v) is 4.08. The van der Waals surface area contributed by atoms with E-state index >= 15 is 0 Å². The van der Waals surface area contributed by atoms with Crippen LogP contribution in [-0.4, -0.2) is 24.3 Å². The minimum absolute atomic E-state index is 0.682. The normalized spacial score (nSPS) is 16.9. The van der Waals surface area contributed by atoms with E-state index in [0.29, 0.717) is 5.92 Å². The van der Waals surface area contributed by atoms with E-state index in [-0.39, 0.29) is 0 Å². The number of nitrogens with one attached hydrogen (secondary N) is 1. The van der Waals surface area contributed by atoms with Gasteiger partial charge in [-0.2, -0.15) is 0 Å². The number of aromatic nitrogens is 1. The number of ether oxygens (including phenoxy) is 1. The van der Waals surface area contributed by atoms with Gasteiger partial charge in [0.2, 0.25) is 0 Å². The molecule has 0 saturated carbocycles. The third-order valence-electron chi connectivity index (χ3n) is 4.08. The second-order valence-electron chi connectivity index (χ2n) is 5.33. The van der Waals surface area contributed by atoms with Crippen molar-refractivity contribution in [3.05, 3.63) is 30.0 Å². The number of aryl methyl sites for hydroxylation is 1. The summed E-state index contributed by atoms with van der Waals surface area (Å²) in [4.78, 5) is 0. The summed E-state index contributed by atoms with van der Waals surface area (Å²) in [5.74, 6) is 1.67. The average molecular weight is 258 g/mol. The van der Waals surface area contributed by atoms with Crippen LogP contribution in [0.5, 0.6) is 5.75 Å². The molecule has 0 spiro atoms. The topological polar surface area (TPSA) is 26.2 Å². The molecule has 1 aromatic heterocycles. The molecule has 0 bridgehead atoms. The SMILES string of the molecule is CCOc1ccc2c(c1)c(C1CCNCC1)cn2C. The van der Waals surface area contributed by atoms with Crippen molar-refractivity contribution in [2.24, 2.45) is 7.05 Å². The molecule has 1 aliphatic rings. The van der Waals surface area contributed by atoms with Crippen molar-refractivity contribution in [3.8, 4) is 5.75 Å². The smallest absolute Gasteiger partial charge is 0.120 e. The lowest BCUT2D eigenvalue weighted by molar-refractivity contribution is 0.340. The predicted octanol–water partition coefficient (Wildman–Crippen LogP) is 3.04. The maximum atomic E-state index is 5.64. The first kappa shape index (κ1) is 12.5. The number of nitrogens with zero attached hydrogens (tertiary/aromatic N) is 1. The Kier molecular flexibility index (Phi) is 3.47. The maximum absolute atomic E-state index is 5.64. The summed E-state index contributed by atoms with van der Waals surface area (Å²) in [5.41, 5.74) is 2.79. The van der Waals surface area contributed by atoms with Gasteiger partial charge in [-0.25, -0.2) is 0 Å². The fourth-order valence-corrected chi connectivity index (χ4v) is 3.12. The van der Waals surface area contributed by atoms with E-state index in [1.807, 2.05) is 6.92 Å². The molecule has 3 rings (SSSR count). The minimum Gasteiger partial charge on any atom is -0.494 e. The van der Waals surface area contributed by atoms with Gasteiger partial charge in [-0.05, 0) is 62.5 Å². The van der Waals surface area contributed by atoms with Crippen molar-refractivity contribution < 1.29 is 4.74 Å². The molecule has 19 heavy (non-hydrogen) atoms. The average Bonchev–Trinajstić information content (AvgIpc) is 2.77. The predicted molar refractivity (Wildman–Crippen MR) is 78.9 cm³/mol. The highest BCUT2D eigenvalue weighted by Gasteiger charge is 2.19. The van der Waals surface area contributed by atoms with Crippen LogP contribution in [0.15, 0.2) is 24.4 Å². The van der Waals surface area contributed by atoms with E-state index in [4.69, 9.17) is 4.74 Å². The largest absolute Gasteiger partial charge is 0.494 e. The van der Waals surface area contributed by atoms with Gasteiger partial charge in [0.15, 0.2) is 0 Å². The first-order chi connectivity index (χ1) is 9.29. The van der Waals surface area contributed by atoms with E-state index in [0.717, 1.165) is 25.4 Å². The van der Waals surface area contributed by atoms with Crippen molar-refractivity contribution >= 4 is 10.9 Å². The molecule has 1 N–H and O–H groups in total. The Morgan fingerprint density at radius 1 is 1.32 bits per heavy atom. The third kappa shape index (κ3) is 2.35. The minimum atomic E-state index is 0.682. The van der Waals surface area contributed by atoms with E-state index in [9.17, 15) is 0 Å². The van der Waals surface area contributed by atoms with Crippen molar-refractivity contribution in [1.82, 2.24) is 9.88 Å². The van der Waals surface area contributed by atoms with Crippen molar-refractivity contribution in [2.75, 3.05) is 19.7 Å². The van der Waals surface area contributed by atoms with E-state index in [1.165, 1.54) is 29.3 Å². The number of fused-ring (bicyclic) bond motifs is 1. The number of piperidine rings is 1. The van der Waals surface area contributed by atoms with Gasteiger partial charge >= 0.3 is 0 Å². The van der Waals surface area contributed by atoms with E-state index in [1.54, 1.807) is 0 Å². The monoisotopic (exact) mass is 258 g/mol. The Labute approximate surface area is 114 Å². The molecular formula is C16H22N2O. The van der Waals surface area contributed by atoms with Crippen LogP contribution in [0.25, 0.3) is 10.9 Å². The first-order valence-corrected chi connectivity index (χ1v) is 7.22. The Hall–Kier alpha value is -1.48. The Bertz CT molecular complexity index is 567. The molecule has 1 aliphatic heterocycles. The summed E-state index contributed by atoms with van der Waals surface area (Å²) in [6.45, 7) is 5.02. The highest BCUT2D eigenvalue weighted by Crippen LogP contribution is 2.34. The zero-order valence-electron chi connectivity index (χ0n) is 11.8. The van der Waals surface area contributed by atoms with Gasteiger partial charge in [-0.15, -0.1) is 0 Å². The second kappa shape index (κ2) is 5.25. The second-order valence-corrected chi connectivity index (χ2v) is 5.33. The number of hydrogen-bond donors (Lipinski definition) is 1. The zero-order valence-corrected chi connectivity index (χ0v) is 11.8. The summed E-state index contributed by atoms with van der Waals surface area (Å²) in [7, 11) is 2.13. The van der Waals surface area contributed by atoms with Gasteiger partial charge in [0.05, 0.1) is 6.61 Å². The van der Waals surface area contributed by atoms with Crippen LogP contribution in [0.2, 0.25) is 0 Å². The van der Waals surface area contributed by atoms with Gasteiger partial charge in [0.25, 0.3) is 0 Å². The maximum Gasteiger partial charge on any atom is 0.120 e. The number of hydrogen-bond acceptors (Lipinski definition) is 2. The van der Waals surface area contributed by atoms with E-state index in [2.05, 4.69) is 41.3 Å². The highest BCUT2D eigenvalue weighted by molar-refractivity contribution is 5.86. The molecule has 0 atom stereocenters. The molecule has 3 heteroatoms. The highest BCUT2D eigenvalue weighted by atomic mass is 16.5. The molecule has 0 amide bonds. The van der Waals surface area contributed by atoms with Crippen LogP contribution in [0.3, 0.4) is 0 Å². The lowest BCUT2D eigenvalue weighted by atomic mass is 9.90. The number of rotatable bonds is 3. The van der Waals surface area contributed by atoms with Gasteiger partial charge in [0.1, 0.15) is 5.75 Å². The molecule has 2 aromatic rings. The van der Waals surface area contributed by atoms with Crippen LogP contribution in [0.4, 0.5) is 0 Å². The molecule has 0 aliphatic carbocycles. The Balaban J connectivity index is 2.04. The molecule has 2 heterocycles. The van der Waals surface area contributed by atoms with Crippen molar-refractivity contribution in [2.45, 2.75) is 25.7 Å². The van der Waals surface area contributed by atoms with Crippen LogP contribution in [-0.2, 0) is 7.05 Å². The summed E-state index contributed by atoms with van der Waals surface area (Å²) in [6.07, 6.45) is 4.77. The quantitative estimate of drug-likeness (QED) is 0.916. The van der Waals surface area contributed by atoms with Gasteiger partial charge in [-0.3, -0.25) is 0 Å². The fraction of sp³-hybridized carbons (Fsp3) is 0.500. The van der Waals surface area contributed by atoms with Crippen LogP contribution < -0.4 is 10.1 Å². The molecule has 3 nitrogen and oxygen atoms in total. The summed E-state index contributed by atoms with van der Waals surface area (Å²) < 4.78 is 7.88. The molecular weight excluding hydrogens is 236 g/mol. The number of benzene rings is 1. The molecule has 1 fully saturated rings. The molecule has 102 valence electrons. The van der Waals surface area contributed by atoms with Crippen LogP contribution >= 0.6 is 0 Å². The lowest BCUT2D eigenvalue weighted by Gasteiger charge is -2.22. The van der Waals surface area contributed by atoms with Crippen LogP contribution in [0, 0.1) is 0 Å². The lowest BCUT2D eigenvalue weighted by Crippen LogP contribution is -2.26. The summed E-state index contributed by atoms with van der Waals surface area (Å²) in [6, 6.07) is 6.44. The zero-order chi connectivity index (χ0) is 13.2. The van der Waals surface area contributed by atoms with Crippen molar-refractivity contribution in [1.29, 1.82) is 0 Å². The Morgan fingerprint density at radius 3 is 2.84 bits per heavy atom. The summed E-state index contributed by atoms with van der Waals surface area (Å²) >= 11 is 0. The molecule has 1 saturated heterocycles. The van der Waals surface area contributed by atoms with Gasteiger partial charge in [0, 0.05) is 24.1 Å². The van der Waals surface area contributed by atoms with Crippen molar-refractivity contribution in [3.63, 3.8) is 0 Å². The Morgan fingerprint density at radius 2 is 2.11 bits per heavy atom. The summed E-state index contributed by atoms with van der Waals surface area (Å²) in [5, 5.41) is 4.80.